The fourth-order valence-electron chi connectivity index (χ4n) is 2.96. The Labute approximate surface area is 155 Å². The zero-order valence-electron chi connectivity index (χ0n) is 14.7. The number of carbonyl (C=O) groups is 2. The molecule has 27 heavy (non-hydrogen) atoms. The van der Waals surface area contributed by atoms with Crippen molar-refractivity contribution in [2.75, 3.05) is 13.1 Å². The highest BCUT2D eigenvalue weighted by atomic mass is 19.1. The number of piperidine rings is 1. The van der Waals surface area contributed by atoms with Gasteiger partial charge in [0.2, 0.25) is 0 Å². The van der Waals surface area contributed by atoms with Crippen LogP contribution in [0, 0.1) is 11.6 Å². The van der Waals surface area contributed by atoms with Crippen LogP contribution in [0.25, 0.3) is 0 Å². The van der Waals surface area contributed by atoms with Crippen molar-refractivity contribution in [3.8, 4) is 0 Å². The average Bonchev–Trinajstić information content (AvgIpc) is 2.68. The fraction of sp³-hybridized carbons (Fsp3) is 0.300. The zero-order chi connectivity index (χ0) is 19.2. The Morgan fingerprint density at radius 1 is 1.04 bits per heavy atom. The predicted octanol–water partition coefficient (Wildman–Crippen LogP) is 3.50. The van der Waals surface area contributed by atoms with E-state index in [1.807, 2.05) is 0 Å². The third-order valence-electron chi connectivity index (χ3n) is 4.38. The van der Waals surface area contributed by atoms with E-state index in [-0.39, 0.29) is 18.3 Å². The Kier molecular flexibility index (Phi) is 6.01. The van der Waals surface area contributed by atoms with Gasteiger partial charge in [-0.1, -0.05) is 12.1 Å². The Bertz CT molecular complexity index is 794. The maximum absolute atomic E-state index is 13.0. The second-order valence-corrected chi connectivity index (χ2v) is 6.41. The maximum atomic E-state index is 13.0. The first kappa shape index (κ1) is 18.8. The lowest BCUT2D eigenvalue weighted by Gasteiger charge is -2.32. The minimum atomic E-state index is -0.583. The zero-order valence-corrected chi connectivity index (χ0v) is 14.7. The highest BCUT2D eigenvalue weighted by Crippen LogP contribution is 2.17. The molecular weight excluding hydrogens is 354 g/mol. The lowest BCUT2D eigenvalue weighted by Crippen LogP contribution is -2.44. The summed E-state index contributed by atoms with van der Waals surface area (Å²) in [6.07, 6.45) is 0.386. The summed E-state index contributed by atoms with van der Waals surface area (Å²) < 4.78 is 31.3. The van der Waals surface area contributed by atoms with E-state index in [2.05, 4.69) is 5.32 Å². The van der Waals surface area contributed by atoms with Gasteiger partial charge in [-0.25, -0.2) is 13.6 Å². The van der Waals surface area contributed by atoms with Gasteiger partial charge < -0.3 is 15.0 Å². The van der Waals surface area contributed by atoms with Gasteiger partial charge in [-0.2, -0.15) is 0 Å². The summed E-state index contributed by atoms with van der Waals surface area (Å²) in [6.45, 7) is 1.08. The molecule has 7 heteroatoms. The first-order chi connectivity index (χ1) is 13.0. The maximum Gasteiger partial charge on any atom is 0.407 e. The number of ether oxygens (including phenoxy) is 1. The Hall–Kier alpha value is -2.96. The molecule has 3 rings (SSSR count). The molecule has 1 heterocycles. The molecule has 0 saturated carbocycles. The van der Waals surface area contributed by atoms with Crippen molar-refractivity contribution in [3.05, 3.63) is 71.3 Å². The first-order valence-corrected chi connectivity index (χ1v) is 8.75. The van der Waals surface area contributed by atoms with Gasteiger partial charge in [0.05, 0.1) is 6.54 Å². The average molecular weight is 374 g/mol. The molecule has 0 aromatic heterocycles. The summed E-state index contributed by atoms with van der Waals surface area (Å²) in [6, 6.07) is 11.2. The lowest BCUT2D eigenvalue weighted by atomic mass is 10.1. The van der Waals surface area contributed by atoms with E-state index >= 15 is 0 Å². The van der Waals surface area contributed by atoms with Crippen LogP contribution in [0.15, 0.2) is 48.5 Å². The molecule has 0 aliphatic carbocycles. The third-order valence-corrected chi connectivity index (χ3v) is 4.38. The molecule has 2 amide bonds. The van der Waals surface area contributed by atoms with Crippen LogP contribution in [0.2, 0.25) is 0 Å². The molecule has 1 N–H and O–H groups in total. The molecule has 2 aromatic rings. The number of nitrogens with one attached hydrogen (secondary N) is 1. The van der Waals surface area contributed by atoms with Crippen molar-refractivity contribution >= 4 is 12.0 Å². The number of hydrogen-bond acceptors (Lipinski definition) is 3. The van der Waals surface area contributed by atoms with Gasteiger partial charge in [0, 0.05) is 18.7 Å². The highest BCUT2D eigenvalue weighted by Gasteiger charge is 2.26. The number of rotatable bonds is 4. The summed E-state index contributed by atoms with van der Waals surface area (Å²) in [5, 5.41) is 2.62. The number of amides is 2. The second-order valence-electron chi connectivity index (χ2n) is 6.41. The molecule has 1 atom stereocenters. The van der Waals surface area contributed by atoms with Crippen LogP contribution in [-0.4, -0.2) is 36.1 Å². The Balaban J connectivity index is 1.50. The van der Waals surface area contributed by atoms with Crippen LogP contribution in [0.5, 0.6) is 0 Å². The van der Waals surface area contributed by atoms with Gasteiger partial charge in [-0.05, 0) is 54.8 Å². The van der Waals surface area contributed by atoms with E-state index in [0.717, 1.165) is 5.56 Å². The van der Waals surface area contributed by atoms with Crippen LogP contribution in [0.1, 0.15) is 28.8 Å². The van der Waals surface area contributed by atoms with Crippen molar-refractivity contribution in [1.29, 1.82) is 0 Å². The molecule has 0 spiro atoms. The number of carbonyl (C=O) groups excluding carboxylic acids is 2. The lowest BCUT2D eigenvalue weighted by molar-refractivity contribution is 0.0342. The summed E-state index contributed by atoms with van der Waals surface area (Å²) in [5.41, 5.74) is 1.16. The summed E-state index contributed by atoms with van der Waals surface area (Å²) in [7, 11) is 0. The highest BCUT2D eigenvalue weighted by molar-refractivity contribution is 5.94. The normalized spacial score (nSPS) is 16.7. The van der Waals surface area contributed by atoms with Crippen molar-refractivity contribution in [2.24, 2.45) is 0 Å². The molecule has 0 radical (unpaired) electrons. The van der Waals surface area contributed by atoms with Gasteiger partial charge in [0.1, 0.15) is 17.7 Å². The van der Waals surface area contributed by atoms with Crippen LogP contribution in [0.4, 0.5) is 13.6 Å². The molecular formula is C20H20F2N2O3. The molecule has 1 aliphatic rings. The standard InChI is InChI=1S/C20H20F2N2O3/c21-16-7-3-14(4-8-16)12-23-20(26)27-18-2-1-11-24(13-18)19(25)15-5-9-17(22)10-6-15/h3-10,18H,1-2,11-13H2,(H,23,26). The largest absolute Gasteiger partial charge is 0.444 e. The fourth-order valence-corrected chi connectivity index (χ4v) is 2.96. The SMILES string of the molecule is O=C(NCc1ccc(F)cc1)OC1CCCN(C(=O)c2ccc(F)cc2)C1. The van der Waals surface area contributed by atoms with E-state index < -0.39 is 18.0 Å². The third kappa shape index (κ3) is 5.26. The van der Waals surface area contributed by atoms with Crippen molar-refractivity contribution < 1.29 is 23.1 Å². The Morgan fingerprint density at radius 2 is 1.67 bits per heavy atom. The quantitative estimate of drug-likeness (QED) is 0.891. The second kappa shape index (κ2) is 8.62. The minimum Gasteiger partial charge on any atom is -0.444 e. The van der Waals surface area contributed by atoms with Crippen LogP contribution < -0.4 is 5.32 Å². The van der Waals surface area contributed by atoms with E-state index in [4.69, 9.17) is 4.74 Å². The van der Waals surface area contributed by atoms with Crippen molar-refractivity contribution in [2.45, 2.75) is 25.5 Å². The van der Waals surface area contributed by atoms with Gasteiger partial charge in [0.25, 0.3) is 5.91 Å². The van der Waals surface area contributed by atoms with Gasteiger partial charge in [-0.3, -0.25) is 4.79 Å². The molecule has 2 aromatic carbocycles. The van der Waals surface area contributed by atoms with Gasteiger partial charge >= 0.3 is 6.09 Å². The summed E-state index contributed by atoms with van der Waals surface area (Å²) in [5.74, 6) is -0.950. The van der Waals surface area contributed by atoms with Crippen LogP contribution in [-0.2, 0) is 11.3 Å². The molecule has 1 saturated heterocycles. The minimum absolute atomic E-state index is 0.213. The van der Waals surface area contributed by atoms with E-state index in [9.17, 15) is 18.4 Å². The van der Waals surface area contributed by atoms with Gasteiger partial charge in [0.15, 0.2) is 0 Å². The Morgan fingerprint density at radius 3 is 2.33 bits per heavy atom. The smallest absolute Gasteiger partial charge is 0.407 e. The number of halogens is 2. The molecule has 1 fully saturated rings. The topological polar surface area (TPSA) is 58.6 Å². The van der Waals surface area contributed by atoms with Crippen LogP contribution in [0.3, 0.4) is 0 Å². The van der Waals surface area contributed by atoms with E-state index in [1.54, 1.807) is 17.0 Å². The molecule has 142 valence electrons. The van der Waals surface area contributed by atoms with Crippen molar-refractivity contribution in [3.63, 3.8) is 0 Å². The van der Waals surface area contributed by atoms with E-state index in [1.165, 1.54) is 36.4 Å². The number of likely N-dealkylation sites (tertiary alicyclic amines) is 1. The summed E-state index contributed by atoms with van der Waals surface area (Å²) in [4.78, 5) is 26.1. The number of nitrogens with zero attached hydrogens (tertiary/aromatic N) is 1. The van der Waals surface area contributed by atoms with E-state index in [0.29, 0.717) is 31.5 Å². The molecule has 1 aliphatic heterocycles. The molecule has 5 nitrogen and oxygen atoms in total. The van der Waals surface area contributed by atoms with Crippen molar-refractivity contribution in [1.82, 2.24) is 10.2 Å². The van der Waals surface area contributed by atoms with Gasteiger partial charge in [-0.15, -0.1) is 0 Å². The molecule has 0 bridgehead atoms. The predicted molar refractivity (Wildman–Crippen MR) is 95.0 cm³/mol. The number of alkyl carbamates (subject to hydrolysis) is 1. The number of benzene rings is 2. The summed E-state index contributed by atoms with van der Waals surface area (Å²) >= 11 is 0. The molecule has 1 unspecified atom stereocenters. The van der Waals surface area contributed by atoms with Crippen LogP contribution >= 0.6 is 0 Å². The first-order valence-electron chi connectivity index (χ1n) is 8.75. The number of hydrogen-bond donors (Lipinski definition) is 1. The monoisotopic (exact) mass is 374 g/mol.